The van der Waals surface area contributed by atoms with Gasteiger partial charge in [-0.3, -0.25) is 9.20 Å². The van der Waals surface area contributed by atoms with E-state index in [1.165, 1.54) is 10.9 Å². The van der Waals surface area contributed by atoms with Crippen molar-refractivity contribution in [2.75, 3.05) is 0 Å². The van der Waals surface area contributed by atoms with E-state index in [2.05, 4.69) is 4.98 Å². The molecule has 6 nitrogen and oxygen atoms in total. The maximum absolute atomic E-state index is 12.6. The molecule has 1 aromatic carbocycles. The summed E-state index contributed by atoms with van der Waals surface area (Å²) in [6.45, 7) is 1.82. The zero-order chi connectivity index (χ0) is 19.5. The summed E-state index contributed by atoms with van der Waals surface area (Å²) >= 11 is 1.56. The average Bonchev–Trinajstić information content (AvgIpc) is 3.10. The van der Waals surface area contributed by atoms with Gasteiger partial charge in [0, 0.05) is 16.6 Å². The summed E-state index contributed by atoms with van der Waals surface area (Å²) in [7, 11) is 0. The Kier molecular flexibility index (Phi) is 5.43. The van der Waals surface area contributed by atoms with Gasteiger partial charge in [-0.1, -0.05) is 25.1 Å². The van der Waals surface area contributed by atoms with E-state index in [4.69, 9.17) is 9.47 Å². The van der Waals surface area contributed by atoms with Crippen molar-refractivity contribution in [3.05, 3.63) is 63.0 Å². The number of nitrogens with zero attached hydrogens (tertiary/aromatic N) is 2. The Morgan fingerprint density at radius 1 is 1.25 bits per heavy atom. The van der Waals surface area contributed by atoms with E-state index in [0.717, 1.165) is 31.4 Å². The van der Waals surface area contributed by atoms with E-state index in [1.807, 2.05) is 25.1 Å². The van der Waals surface area contributed by atoms with Crippen LogP contribution in [-0.2, 0) is 29.0 Å². The molecule has 0 bridgehead atoms. The first kappa shape index (κ1) is 18.7. The Hall–Kier alpha value is -2.67. The summed E-state index contributed by atoms with van der Waals surface area (Å²) in [6, 6.07) is 10.6. The molecule has 0 N–H and O–H groups in total. The second-order valence-corrected chi connectivity index (χ2v) is 7.88. The summed E-state index contributed by atoms with van der Waals surface area (Å²) in [5, 5.41) is 0. The molecule has 3 aromatic rings. The number of fused-ring (bicyclic) bond motifs is 3. The molecule has 1 aliphatic rings. The monoisotopic (exact) mass is 398 g/mol. The number of hydrogen-bond donors (Lipinski definition) is 0. The van der Waals surface area contributed by atoms with E-state index in [0.29, 0.717) is 22.8 Å². The van der Waals surface area contributed by atoms with Crippen LogP contribution in [0.1, 0.15) is 42.5 Å². The van der Waals surface area contributed by atoms with Crippen molar-refractivity contribution >= 4 is 22.3 Å². The molecule has 2 heterocycles. The molecule has 1 aliphatic carbocycles. The van der Waals surface area contributed by atoms with Gasteiger partial charge in [0.25, 0.3) is 5.56 Å². The molecule has 146 valence electrons. The average molecular weight is 398 g/mol. The van der Waals surface area contributed by atoms with Crippen LogP contribution in [0.4, 0.5) is 0 Å². The fraction of sp³-hybridized carbons (Fsp3) is 0.381. The largest absolute Gasteiger partial charge is 0.479 e. The molecule has 1 atom stereocenters. The topological polar surface area (TPSA) is 69.9 Å². The molecule has 2 aromatic heterocycles. The van der Waals surface area contributed by atoms with Crippen LogP contribution in [0.3, 0.4) is 0 Å². The van der Waals surface area contributed by atoms with Gasteiger partial charge < -0.3 is 9.47 Å². The summed E-state index contributed by atoms with van der Waals surface area (Å²) < 4.78 is 12.8. The summed E-state index contributed by atoms with van der Waals surface area (Å²) in [5.41, 5.74) is 1.45. The van der Waals surface area contributed by atoms with E-state index >= 15 is 0 Å². The maximum atomic E-state index is 12.6. The predicted molar refractivity (Wildman–Crippen MR) is 107 cm³/mol. The molecule has 7 heteroatoms. The lowest BCUT2D eigenvalue weighted by molar-refractivity contribution is -0.153. The third kappa shape index (κ3) is 3.80. The van der Waals surface area contributed by atoms with Gasteiger partial charge in [-0.15, -0.1) is 11.3 Å². The third-order valence-corrected chi connectivity index (χ3v) is 5.97. The predicted octanol–water partition coefficient (Wildman–Crippen LogP) is 3.54. The Morgan fingerprint density at radius 2 is 2.04 bits per heavy atom. The third-order valence-electron chi connectivity index (χ3n) is 4.83. The minimum absolute atomic E-state index is 0.0399. The molecular weight excluding hydrogens is 376 g/mol. The molecule has 0 saturated carbocycles. The first-order chi connectivity index (χ1) is 13.7. The molecule has 0 saturated heterocycles. The number of aromatic nitrogens is 2. The molecule has 0 spiro atoms. The highest BCUT2D eigenvalue weighted by Crippen LogP contribution is 2.28. The summed E-state index contributed by atoms with van der Waals surface area (Å²) in [4.78, 5) is 31.4. The number of benzene rings is 1. The first-order valence-corrected chi connectivity index (χ1v) is 10.4. The van der Waals surface area contributed by atoms with Crippen LogP contribution >= 0.6 is 11.3 Å². The zero-order valence-corrected chi connectivity index (χ0v) is 16.5. The van der Waals surface area contributed by atoms with E-state index in [1.54, 1.807) is 27.9 Å². The van der Waals surface area contributed by atoms with Crippen molar-refractivity contribution in [3.8, 4) is 5.75 Å². The molecule has 0 fully saturated rings. The second-order valence-electron chi connectivity index (χ2n) is 6.82. The number of ether oxygens (including phenoxy) is 2. The van der Waals surface area contributed by atoms with Gasteiger partial charge in [0.05, 0.1) is 5.69 Å². The highest BCUT2D eigenvalue weighted by atomic mass is 32.1. The van der Waals surface area contributed by atoms with Crippen LogP contribution in [0.25, 0.3) is 4.96 Å². The van der Waals surface area contributed by atoms with Crippen LogP contribution in [-0.4, -0.2) is 21.5 Å². The molecule has 0 amide bonds. The SMILES string of the molecule is CC[C@H](Oc1ccccc1)C(=O)OCc1cc(=O)n2c3c(sc2n1)CCCC3. The van der Waals surface area contributed by atoms with Crippen LogP contribution in [0, 0.1) is 0 Å². The second kappa shape index (κ2) is 8.14. The molecule has 0 aliphatic heterocycles. The summed E-state index contributed by atoms with van der Waals surface area (Å²) in [6.07, 6.45) is 3.97. The van der Waals surface area contributed by atoms with Gasteiger partial charge in [-0.2, -0.15) is 0 Å². The quantitative estimate of drug-likeness (QED) is 0.594. The van der Waals surface area contributed by atoms with E-state index < -0.39 is 12.1 Å². The Bertz CT molecular complexity index is 1040. The Labute approximate surface area is 166 Å². The number of carbonyl (C=O) groups is 1. The highest BCUT2D eigenvalue weighted by Gasteiger charge is 2.22. The lowest BCUT2D eigenvalue weighted by Crippen LogP contribution is -2.29. The lowest BCUT2D eigenvalue weighted by Gasteiger charge is -2.16. The van der Waals surface area contributed by atoms with Gasteiger partial charge >= 0.3 is 5.97 Å². The molecular formula is C21H22N2O4S. The fourth-order valence-corrected chi connectivity index (χ4v) is 4.65. The van der Waals surface area contributed by atoms with Crippen LogP contribution in [0.5, 0.6) is 5.75 Å². The van der Waals surface area contributed by atoms with Crippen molar-refractivity contribution in [1.29, 1.82) is 0 Å². The minimum Gasteiger partial charge on any atom is -0.479 e. The Balaban J connectivity index is 1.47. The normalized spacial score (nSPS) is 14.5. The molecule has 4 rings (SSSR count). The molecule has 28 heavy (non-hydrogen) atoms. The lowest BCUT2D eigenvalue weighted by atomic mass is 10.0. The van der Waals surface area contributed by atoms with Gasteiger partial charge in [0.15, 0.2) is 11.1 Å². The number of esters is 1. The van der Waals surface area contributed by atoms with Gasteiger partial charge in [0.2, 0.25) is 0 Å². The Morgan fingerprint density at radius 3 is 2.82 bits per heavy atom. The number of aryl methyl sites for hydroxylation is 2. The maximum Gasteiger partial charge on any atom is 0.347 e. The van der Waals surface area contributed by atoms with Gasteiger partial charge in [-0.25, -0.2) is 9.78 Å². The van der Waals surface area contributed by atoms with Crippen molar-refractivity contribution in [2.45, 2.75) is 51.7 Å². The van der Waals surface area contributed by atoms with E-state index in [-0.39, 0.29) is 12.2 Å². The number of hydrogen-bond acceptors (Lipinski definition) is 6. The van der Waals surface area contributed by atoms with Crippen molar-refractivity contribution in [2.24, 2.45) is 0 Å². The van der Waals surface area contributed by atoms with Gasteiger partial charge in [0.1, 0.15) is 12.4 Å². The van der Waals surface area contributed by atoms with Gasteiger partial charge in [-0.05, 0) is 44.2 Å². The van der Waals surface area contributed by atoms with Crippen LogP contribution < -0.4 is 10.3 Å². The first-order valence-electron chi connectivity index (χ1n) is 9.57. The number of rotatable bonds is 6. The highest BCUT2D eigenvalue weighted by molar-refractivity contribution is 7.17. The molecule has 0 radical (unpaired) electrons. The number of para-hydroxylation sites is 1. The van der Waals surface area contributed by atoms with E-state index in [9.17, 15) is 9.59 Å². The van der Waals surface area contributed by atoms with Crippen LogP contribution in [0.15, 0.2) is 41.2 Å². The standard InChI is InChI=1S/C21H22N2O4S/c1-2-17(27-15-8-4-3-5-9-15)20(25)26-13-14-12-19(24)23-16-10-6-7-11-18(16)28-21(23)22-14/h3-5,8-9,12,17H,2,6-7,10-11,13H2,1H3/t17-/m0/s1. The van der Waals surface area contributed by atoms with Crippen LogP contribution in [0.2, 0.25) is 0 Å². The summed E-state index contributed by atoms with van der Waals surface area (Å²) in [5.74, 6) is 0.159. The smallest absolute Gasteiger partial charge is 0.347 e. The minimum atomic E-state index is -0.693. The van der Waals surface area contributed by atoms with Crippen molar-refractivity contribution in [1.82, 2.24) is 9.38 Å². The fourth-order valence-electron chi connectivity index (χ4n) is 3.42. The zero-order valence-electron chi connectivity index (χ0n) is 15.7. The van der Waals surface area contributed by atoms with Crippen molar-refractivity contribution < 1.29 is 14.3 Å². The number of carbonyl (C=O) groups excluding carboxylic acids is 1. The van der Waals surface area contributed by atoms with Crippen molar-refractivity contribution in [3.63, 3.8) is 0 Å². The molecule has 0 unspecified atom stereocenters. The number of thiazole rings is 1.